The molecule has 2 N–H and O–H groups in total. The van der Waals surface area contributed by atoms with E-state index in [9.17, 15) is 14.4 Å². The lowest BCUT2D eigenvalue weighted by atomic mass is 9.97. The summed E-state index contributed by atoms with van der Waals surface area (Å²) in [6.45, 7) is 9.87. The molecule has 2 atom stereocenters. The van der Waals surface area contributed by atoms with Crippen LogP contribution in [0.25, 0.3) is 0 Å². The molecule has 0 fully saturated rings. The first-order valence-corrected chi connectivity index (χ1v) is 10.0. The molecule has 0 unspecified atom stereocenters. The van der Waals surface area contributed by atoms with E-state index in [0.717, 1.165) is 5.56 Å². The zero-order chi connectivity index (χ0) is 21.1. The molecule has 1 aromatic carbocycles. The molecular weight excluding hydrogens is 356 g/mol. The number of benzene rings is 1. The summed E-state index contributed by atoms with van der Waals surface area (Å²) >= 11 is 0. The molecule has 0 bridgehead atoms. The lowest BCUT2D eigenvalue weighted by molar-refractivity contribution is -0.129. The maximum absolute atomic E-state index is 12.8. The van der Waals surface area contributed by atoms with Gasteiger partial charge in [0.2, 0.25) is 5.91 Å². The van der Waals surface area contributed by atoms with E-state index in [0.29, 0.717) is 19.3 Å². The molecule has 2 amide bonds. The topological polar surface area (TPSA) is 84.5 Å². The number of hydrogen-bond donors (Lipinski definition) is 2. The highest BCUT2D eigenvalue weighted by Crippen LogP contribution is 2.11. The van der Waals surface area contributed by atoms with Crippen molar-refractivity contribution < 1.29 is 19.1 Å². The van der Waals surface area contributed by atoms with Crippen LogP contribution < -0.4 is 10.6 Å². The van der Waals surface area contributed by atoms with E-state index in [-0.39, 0.29) is 30.1 Å². The van der Waals surface area contributed by atoms with E-state index in [2.05, 4.69) is 10.6 Å². The number of amides is 2. The summed E-state index contributed by atoms with van der Waals surface area (Å²) in [6.07, 6.45) is 0.748. The van der Waals surface area contributed by atoms with Crippen molar-refractivity contribution in [2.45, 2.75) is 72.6 Å². The number of hydrogen-bond acceptors (Lipinski definition) is 4. The SMILES string of the molecule is CCC(=O)[C@H](CC(C)C)NC(=O)[C@H](CC(C)C)NC(=O)OCc1ccccc1. The highest BCUT2D eigenvalue weighted by atomic mass is 16.5. The van der Waals surface area contributed by atoms with Crippen LogP contribution in [0.2, 0.25) is 0 Å². The van der Waals surface area contributed by atoms with Gasteiger partial charge in [-0.05, 0) is 30.2 Å². The lowest BCUT2D eigenvalue weighted by Crippen LogP contribution is -2.52. The van der Waals surface area contributed by atoms with Gasteiger partial charge in [0.15, 0.2) is 5.78 Å². The van der Waals surface area contributed by atoms with E-state index in [1.54, 1.807) is 6.92 Å². The number of carbonyl (C=O) groups is 3. The van der Waals surface area contributed by atoms with Crippen molar-refractivity contribution >= 4 is 17.8 Å². The molecule has 1 aromatic rings. The maximum atomic E-state index is 12.8. The van der Waals surface area contributed by atoms with Crippen LogP contribution in [0.3, 0.4) is 0 Å². The fourth-order valence-electron chi connectivity index (χ4n) is 2.87. The number of ketones is 1. The summed E-state index contributed by atoms with van der Waals surface area (Å²) < 4.78 is 5.23. The average Bonchev–Trinajstić information content (AvgIpc) is 2.64. The minimum atomic E-state index is -0.748. The lowest BCUT2D eigenvalue weighted by Gasteiger charge is -2.24. The second-order valence-corrected chi connectivity index (χ2v) is 7.90. The number of alkyl carbamates (subject to hydrolysis) is 1. The van der Waals surface area contributed by atoms with Crippen LogP contribution in [0, 0.1) is 11.8 Å². The van der Waals surface area contributed by atoms with Gasteiger partial charge in [-0.15, -0.1) is 0 Å². The molecule has 0 saturated heterocycles. The molecule has 156 valence electrons. The van der Waals surface area contributed by atoms with Crippen molar-refractivity contribution in [1.82, 2.24) is 10.6 Å². The molecule has 0 spiro atoms. The Bertz CT molecular complexity index is 629. The third-order valence-electron chi connectivity index (χ3n) is 4.29. The monoisotopic (exact) mass is 390 g/mol. The number of rotatable bonds is 11. The summed E-state index contributed by atoms with van der Waals surface area (Å²) in [5.41, 5.74) is 0.869. The maximum Gasteiger partial charge on any atom is 0.408 e. The van der Waals surface area contributed by atoms with Crippen molar-refractivity contribution in [3.8, 4) is 0 Å². The second-order valence-electron chi connectivity index (χ2n) is 7.90. The largest absolute Gasteiger partial charge is 0.445 e. The van der Waals surface area contributed by atoms with Gasteiger partial charge in [0.1, 0.15) is 12.6 Å². The summed E-state index contributed by atoms with van der Waals surface area (Å²) in [4.78, 5) is 37.1. The van der Waals surface area contributed by atoms with Gasteiger partial charge in [-0.2, -0.15) is 0 Å². The Kier molecular flexibility index (Phi) is 10.3. The number of Topliss-reactive ketones (excluding diaryl/α,β-unsaturated/α-hetero) is 1. The first-order chi connectivity index (χ1) is 13.2. The van der Waals surface area contributed by atoms with Crippen LogP contribution >= 0.6 is 0 Å². The predicted octanol–water partition coefficient (Wildman–Crippen LogP) is 3.84. The van der Waals surface area contributed by atoms with Crippen LogP contribution in [-0.2, 0) is 20.9 Å². The van der Waals surface area contributed by atoms with Gasteiger partial charge in [-0.1, -0.05) is 65.0 Å². The first kappa shape index (κ1) is 23.7. The van der Waals surface area contributed by atoms with Gasteiger partial charge in [-0.25, -0.2) is 4.79 Å². The molecule has 0 aliphatic heterocycles. The Morgan fingerprint density at radius 1 is 0.893 bits per heavy atom. The molecule has 1 rings (SSSR count). The molecule has 0 saturated carbocycles. The smallest absolute Gasteiger partial charge is 0.408 e. The summed E-state index contributed by atoms with van der Waals surface area (Å²) in [5.74, 6) is 0.110. The zero-order valence-corrected chi connectivity index (χ0v) is 17.7. The third-order valence-corrected chi connectivity index (χ3v) is 4.29. The van der Waals surface area contributed by atoms with Crippen LogP contribution in [0.1, 0.15) is 59.4 Å². The van der Waals surface area contributed by atoms with Crippen molar-refractivity contribution in [1.29, 1.82) is 0 Å². The Hall–Kier alpha value is -2.37. The zero-order valence-electron chi connectivity index (χ0n) is 17.7. The highest BCUT2D eigenvalue weighted by Gasteiger charge is 2.27. The van der Waals surface area contributed by atoms with Gasteiger partial charge in [0.05, 0.1) is 6.04 Å². The standard InChI is InChI=1S/C22H34N2O4/c1-6-20(25)18(12-15(2)3)23-21(26)19(13-16(4)5)24-22(27)28-14-17-10-8-7-9-11-17/h7-11,15-16,18-19H,6,12-14H2,1-5H3,(H,23,26)(H,24,27)/t18-,19-/m0/s1. The fourth-order valence-corrected chi connectivity index (χ4v) is 2.87. The van der Waals surface area contributed by atoms with Crippen LogP contribution in [-0.4, -0.2) is 29.9 Å². The van der Waals surface area contributed by atoms with E-state index in [4.69, 9.17) is 4.74 Å². The number of ether oxygens (including phenoxy) is 1. The van der Waals surface area contributed by atoms with Crippen molar-refractivity contribution in [2.24, 2.45) is 11.8 Å². The van der Waals surface area contributed by atoms with E-state index < -0.39 is 18.2 Å². The molecule has 28 heavy (non-hydrogen) atoms. The van der Waals surface area contributed by atoms with E-state index in [1.807, 2.05) is 58.0 Å². The molecule has 0 heterocycles. The van der Waals surface area contributed by atoms with Gasteiger partial charge >= 0.3 is 6.09 Å². The van der Waals surface area contributed by atoms with Crippen LogP contribution in [0.4, 0.5) is 4.79 Å². The van der Waals surface area contributed by atoms with E-state index >= 15 is 0 Å². The fraction of sp³-hybridized carbons (Fsp3) is 0.591. The van der Waals surface area contributed by atoms with Crippen LogP contribution in [0.15, 0.2) is 30.3 Å². The average molecular weight is 391 g/mol. The summed E-state index contributed by atoms with van der Waals surface area (Å²) in [5, 5.41) is 5.47. The molecule has 0 radical (unpaired) electrons. The number of nitrogens with one attached hydrogen (secondary N) is 2. The minimum absolute atomic E-state index is 0.00278. The van der Waals surface area contributed by atoms with Gasteiger partial charge in [-0.3, -0.25) is 9.59 Å². The molecule has 0 aliphatic rings. The minimum Gasteiger partial charge on any atom is -0.445 e. The Morgan fingerprint density at radius 2 is 1.46 bits per heavy atom. The summed E-state index contributed by atoms with van der Waals surface area (Å²) in [7, 11) is 0. The van der Waals surface area contributed by atoms with Crippen molar-refractivity contribution in [3.05, 3.63) is 35.9 Å². The number of carbonyl (C=O) groups excluding carboxylic acids is 3. The highest BCUT2D eigenvalue weighted by molar-refractivity contribution is 5.92. The van der Waals surface area contributed by atoms with Gasteiger partial charge in [0.25, 0.3) is 0 Å². The van der Waals surface area contributed by atoms with Crippen molar-refractivity contribution in [2.75, 3.05) is 0 Å². The summed E-state index contributed by atoms with van der Waals surface area (Å²) in [6, 6.07) is 8.06. The van der Waals surface area contributed by atoms with E-state index in [1.165, 1.54) is 0 Å². The molecular formula is C22H34N2O4. The van der Waals surface area contributed by atoms with Gasteiger partial charge < -0.3 is 15.4 Å². The predicted molar refractivity (Wildman–Crippen MR) is 110 cm³/mol. The Morgan fingerprint density at radius 3 is 2.00 bits per heavy atom. The van der Waals surface area contributed by atoms with Gasteiger partial charge in [0, 0.05) is 6.42 Å². The normalized spacial score (nSPS) is 13.1. The Labute approximate surface area is 168 Å². The molecule has 6 heteroatoms. The quantitative estimate of drug-likeness (QED) is 0.601. The van der Waals surface area contributed by atoms with Crippen molar-refractivity contribution in [3.63, 3.8) is 0 Å². The Balaban J connectivity index is 2.72. The molecule has 6 nitrogen and oxygen atoms in total. The first-order valence-electron chi connectivity index (χ1n) is 10.0. The third kappa shape index (κ3) is 9.02. The second kappa shape index (κ2) is 12.2. The van der Waals surface area contributed by atoms with Crippen LogP contribution in [0.5, 0.6) is 0 Å². The molecule has 0 aliphatic carbocycles. The molecule has 0 aromatic heterocycles.